The van der Waals surface area contributed by atoms with Crippen LogP contribution in [0, 0.1) is 20.8 Å². The van der Waals surface area contributed by atoms with E-state index in [2.05, 4.69) is 11.4 Å². The highest BCUT2D eigenvalue weighted by Crippen LogP contribution is 2.18. The highest BCUT2D eigenvalue weighted by Gasteiger charge is 2.30. The highest BCUT2D eigenvalue weighted by atomic mass is 16.2. The lowest BCUT2D eigenvalue weighted by Gasteiger charge is -2.31. The van der Waals surface area contributed by atoms with Gasteiger partial charge in [-0.25, -0.2) is 0 Å². The number of carbonyl (C=O) groups excluding carboxylic acids is 2. The average Bonchev–Trinajstić information content (AvgIpc) is 2.77. The number of amides is 2. The lowest BCUT2D eigenvalue weighted by Crippen LogP contribution is -2.50. The van der Waals surface area contributed by atoms with E-state index in [9.17, 15) is 9.59 Å². The fraction of sp³-hybridized carbons (Fsp3) is 0.310. The second-order valence-corrected chi connectivity index (χ2v) is 8.78. The van der Waals surface area contributed by atoms with Gasteiger partial charge in [0.1, 0.15) is 6.04 Å². The van der Waals surface area contributed by atoms with Crippen molar-refractivity contribution < 1.29 is 9.59 Å². The zero-order chi connectivity index (χ0) is 23.8. The molecule has 3 aromatic rings. The van der Waals surface area contributed by atoms with Gasteiger partial charge in [0.15, 0.2) is 0 Å². The van der Waals surface area contributed by atoms with Gasteiger partial charge in [-0.05, 0) is 44.4 Å². The van der Waals surface area contributed by atoms with E-state index in [4.69, 9.17) is 0 Å². The molecule has 0 radical (unpaired) electrons. The molecule has 0 heterocycles. The molecule has 172 valence electrons. The van der Waals surface area contributed by atoms with Gasteiger partial charge in [0.25, 0.3) is 0 Å². The standard InChI is InChI=1S/C29H34N2O2/c1-5-30-29(33)27(18-24-9-7-6-8-10-24)31(20-25-13-11-21(2)12-14-25)28(32)19-26-16-22(3)15-23(4)17-26/h6-17,27H,5,18-20H2,1-4H3,(H,30,33)/t27-/m0/s1. The van der Waals surface area contributed by atoms with E-state index in [0.717, 1.165) is 33.4 Å². The van der Waals surface area contributed by atoms with Gasteiger partial charge in [-0.1, -0.05) is 89.5 Å². The van der Waals surface area contributed by atoms with Crippen LogP contribution in [-0.4, -0.2) is 29.3 Å². The molecule has 4 nitrogen and oxygen atoms in total. The summed E-state index contributed by atoms with van der Waals surface area (Å²) in [6.07, 6.45) is 0.732. The maximum absolute atomic E-state index is 13.7. The van der Waals surface area contributed by atoms with Crippen LogP contribution >= 0.6 is 0 Å². The van der Waals surface area contributed by atoms with E-state index >= 15 is 0 Å². The predicted molar refractivity (Wildman–Crippen MR) is 134 cm³/mol. The van der Waals surface area contributed by atoms with Crippen LogP contribution in [0.25, 0.3) is 0 Å². The van der Waals surface area contributed by atoms with Crippen molar-refractivity contribution in [3.05, 3.63) is 106 Å². The fourth-order valence-corrected chi connectivity index (χ4v) is 4.18. The highest BCUT2D eigenvalue weighted by molar-refractivity contribution is 5.88. The predicted octanol–water partition coefficient (Wildman–Crippen LogP) is 4.93. The van der Waals surface area contributed by atoms with Gasteiger partial charge >= 0.3 is 0 Å². The van der Waals surface area contributed by atoms with E-state index in [-0.39, 0.29) is 18.2 Å². The number of nitrogens with one attached hydrogen (secondary N) is 1. The van der Waals surface area contributed by atoms with Gasteiger partial charge in [0.05, 0.1) is 6.42 Å². The molecule has 1 atom stereocenters. The molecule has 0 spiro atoms. The Labute approximate surface area is 197 Å². The first-order chi connectivity index (χ1) is 15.9. The third-order valence-corrected chi connectivity index (χ3v) is 5.73. The molecule has 0 aliphatic rings. The van der Waals surface area contributed by atoms with Crippen LogP contribution in [0.3, 0.4) is 0 Å². The Morgan fingerprint density at radius 2 is 1.42 bits per heavy atom. The molecule has 3 aromatic carbocycles. The van der Waals surface area contributed by atoms with Crippen molar-refractivity contribution in [3.8, 4) is 0 Å². The van der Waals surface area contributed by atoms with E-state index in [1.54, 1.807) is 4.90 Å². The Morgan fingerprint density at radius 3 is 2.03 bits per heavy atom. The first kappa shape index (κ1) is 24.2. The summed E-state index contributed by atoms with van der Waals surface area (Å²) in [7, 11) is 0. The smallest absolute Gasteiger partial charge is 0.243 e. The lowest BCUT2D eigenvalue weighted by atomic mass is 10.00. The number of hydrogen-bond acceptors (Lipinski definition) is 2. The van der Waals surface area contributed by atoms with E-state index < -0.39 is 6.04 Å². The zero-order valence-electron chi connectivity index (χ0n) is 20.1. The number of benzene rings is 3. The van der Waals surface area contributed by atoms with Crippen molar-refractivity contribution in [1.82, 2.24) is 10.2 Å². The van der Waals surface area contributed by atoms with Gasteiger partial charge in [0, 0.05) is 19.5 Å². The minimum atomic E-state index is -0.591. The quantitative estimate of drug-likeness (QED) is 0.511. The summed E-state index contributed by atoms with van der Waals surface area (Å²) in [5, 5.41) is 2.95. The van der Waals surface area contributed by atoms with E-state index in [1.807, 2.05) is 94.4 Å². The average molecular weight is 443 g/mol. The van der Waals surface area contributed by atoms with Gasteiger partial charge in [-0.15, -0.1) is 0 Å². The van der Waals surface area contributed by atoms with Crippen LogP contribution in [0.5, 0.6) is 0 Å². The molecule has 1 N–H and O–H groups in total. The van der Waals surface area contributed by atoms with Crippen LogP contribution in [0.2, 0.25) is 0 Å². The van der Waals surface area contributed by atoms with Gasteiger partial charge in [-0.2, -0.15) is 0 Å². The SMILES string of the molecule is CCNC(=O)[C@H](Cc1ccccc1)N(Cc1ccc(C)cc1)C(=O)Cc1cc(C)cc(C)c1. The first-order valence-corrected chi connectivity index (χ1v) is 11.6. The molecule has 0 aromatic heterocycles. The number of hydrogen-bond donors (Lipinski definition) is 1. The van der Waals surface area contributed by atoms with Crippen molar-refractivity contribution in [3.63, 3.8) is 0 Å². The normalized spacial score (nSPS) is 11.6. The minimum absolute atomic E-state index is 0.0484. The van der Waals surface area contributed by atoms with E-state index in [1.165, 1.54) is 0 Å². The Balaban J connectivity index is 1.96. The molecule has 4 heteroatoms. The molecule has 0 bridgehead atoms. The summed E-state index contributed by atoms with van der Waals surface area (Å²) in [5.74, 6) is -0.171. The Morgan fingerprint density at radius 1 is 0.788 bits per heavy atom. The first-order valence-electron chi connectivity index (χ1n) is 11.6. The Kier molecular flexibility index (Phi) is 8.42. The topological polar surface area (TPSA) is 49.4 Å². The van der Waals surface area contributed by atoms with Crippen molar-refractivity contribution in [2.75, 3.05) is 6.54 Å². The second kappa shape index (κ2) is 11.5. The molecule has 0 aliphatic carbocycles. The zero-order valence-corrected chi connectivity index (χ0v) is 20.1. The number of rotatable bonds is 9. The maximum Gasteiger partial charge on any atom is 0.243 e. The van der Waals surface area contributed by atoms with Gasteiger partial charge in [-0.3, -0.25) is 9.59 Å². The molecule has 0 aliphatic heterocycles. The summed E-state index contributed by atoms with van der Waals surface area (Å²) < 4.78 is 0. The molecular weight excluding hydrogens is 408 g/mol. The molecule has 0 saturated heterocycles. The molecular formula is C29H34N2O2. The van der Waals surface area contributed by atoms with Crippen LogP contribution in [0.1, 0.15) is 40.3 Å². The molecule has 33 heavy (non-hydrogen) atoms. The number of carbonyl (C=O) groups is 2. The summed E-state index contributed by atoms with van der Waals surface area (Å²) in [6, 6.07) is 23.7. The molecule has 0 unspecified atom stereocenters. The molecule has 3 rings (SSSR count). The number of likely N-dealkylation sites (N-methyl/N-ethyl adjacent to an activating group) is 1. The lowest BCUT2D eigenvalue weighted by molar-refractivity contribution is -0.140. The summed E-state index contributed by atoms with van der Waals surface area (Å²) in [5.41, 5.74) is 6.44. The minimum Gasteiger partial charge on any atom is -0.355 e. The third-order valence-electron chi connectivity index (χ3n) is 5.73. The van der Waals surface area contributed by atoms with Crippen LogP contribution < -0.4 is 5.32 Å². The van der Waals surface area contributed by atoms with Crippen molar-refractivity contribution in [2.45, 2.75) is 53.1 Å². The summed E-state index contributed by atoms with van der Waals surface area (Å²) in [4.78, 5) is 28.6. The van der Waals surface area contributed by atoms with Crippen molar-refractivity contribution in [1.29, 1.82) is 0 Å². The largest absolute Gasteiger partial charge is 0.355 e. The van der Waals surface area contributed by atoms with Crippen LogP contribution in [0.15, 0.2) is 72.8 Å². The Hall–Kier alpha value is -3.40. The number of aryl methyl sites for hydroxylation is 3. The fourth-order valence-electron chi connectivity index (χ4n) is 4.18. The van der Waals surface area contributed by atoms with Crippen molar-refractivity contribution >= 4 is 11.8 Å². The number of nitrogens with zero attached hydrogens (tertiary/aromatic N) is 1. The summed E-state index contributed by atoms with van der Waals surface area (Å²) >= 11 is 0. The Bertz CT molecular complexity index is 1050. The van der Waals surface area contributed by atoms with Crippen LogP contribution in [0.4, 0.5) is 0 Å². The molecule has 0 fully saturated rings. The molecule has 0 saturated carbocycles. The van der Waals surface area contributed by atoms with Gasteiger partial charge in [0.2, 0.25) is 11.8 Å². The van der Waals surface area contributed by atoms with E-state index in [0.29, 0.717) is 19.5 Å². The summed E-state index contributed by atoms with van der Waals surface area (Å²) in [6.45, 7) is 8.93. The van der Waals surface area contributed by atoms with Crippen LogP contribution in [-0.2, 0) is 29.0 Å². The monoisotopic (exact) mass is 442 g/mol. The van der Waals surface area contributed by atoms with Crippen molar-refractivity contribution in [2.24, 2.45) is 0 Å². The third kappa shape index (κ3) is 7.04. The second-order valence-electron chi connectivity index (χ2n) is 8.78. The van der Waals surface area contributed by atoms with Gasteiger partial charge < -0.3 is 10.2 Å². The molecule has 2 amide bonds. The maximum atomic E-state index is 13.7.